The van der Waals surface area contributed by atoms with Crippen molar-refractivity contribution in [3.8, 4) is 22.3 Å². The van der Waals surface area contributed by atoms with Crippen LogP contribution < -0.4 is 4.90 Å². The van der Waals surface area contributed by atoms with Crippen molar-refractivity contribution in [2.45, 2.75) is 16.2 Å². The second kappa shape index (κ2) is 7.58. The van der Waals surface area contributed by atoms with E-state index in [-0.39, 0.29) is 16.2 Å². The molecule has 7 aromatic rings. The first-order valence-corrected chi connectivity index (χ1v) is 16.4. The van der Waals surface area contributed by atoms with Gasteiger partial charge >= 0.3 is 0 Å². The fourth-order valence-corrected chi connectivity index (χ4v) is 11.1. The summed E-state index contributed by atoms with van der Waals surface area (Å²) in [6.45, 7) is 0. The monoisotopic (exact) mass is 581 g/mol. The van der Waals surface area contributed by atoms with Gasteiger partial charge in [0.2, 0.25) is 0 Å². The maximum Gasteiger partial charge on any atom is 0.0651 e. The maximum absolute atomic E-state index is 2.62. The van der Waals surface area contributed by atoms with Gasteiger partial charge in [0.25, 0.3) is 0 Å². The summed E-state index contributed by atoms with van der Waals surface area (Å²) in [4.78, 5) is 2.62. The molecule has 0 bridgehead atoms. The first kappa shape index (κ1) is 23.7. The van der Waals surface area contributed by atoms with E-state index in [1.54, 1.807) is 0 Å². The molecule has 1 heteroatoms. The Morgan fingerprint density at radius 3 is 1.57 bits per heavy atom. The van der Waals surface area contributed by atoms with Crippen LogP contribution in [0.1, 0.15) is 44.5 Å². The topological polar surface area (TPSA) is 3.24 Å². The lowest BCUT2D eigenvalue weighted by Gasteiger charge is -2.71. The number of nitrogens with zero attached hydrogens (tertiary/aromatic N) is 1. The van der Waals surface area contributed by atoms with E-state index in [2.05, 4.69) is 169 Å². The van der Waals surface area contributed by atoms with Crippen molar-refractivity contribution >= 4 is 17.1 Å². The third-order valence-corrected chi connectivity index (χ3v) is 12.2. The van der Waals surface area contributed by atoms with E-state index in [0.717, 1.165) is 0 Å². The van der Waals surface area contributed by atoms with Crippen molar-refractivity contribution in [3.05, 3.63) is 208 Å². The quantitative estimate of drug-likeness (QED) is 0.186. The predicted molar refractivity (Wildman–Crippen MR) is 185 cm³/mol. The van der Waals surface area contributed by atoms with Crippen LogP contribution in [0.5, 0.6) is 0 Å². The van der Waals surface area contributed by atoms with Gasteiger partial charge in [-0.3, -0.25) is 0 Å². The Morgan fingerprint density at radius 2 is 0.848 bits per heavy atom. The van der Waals surface area contributed by atoms with Crippen LogP contribution >= 0.6 is 0 Å². The number of para-hydroxylation sites is 2. The summed E-state index contributed by atoms with van der Waals surface area (Å²) in [5, 5.41) is 0. The molecule has 7 aromatic carbocycles. The van der Waals surface area contributed by atoms with Gasteiger partial charge in [-0.05, 0) is 67.8 Å². The normalized spacial score (nSPS) is 23.9. The van der Waals surface area contributed by atoms with Crippen molar-refractivity contribution in [2.75, 3.05) is 4.90 Å². The molecule has 0 N–H and O–H groups in total. The Kier molecular flexibility index (Phi) is 3.90. The van der Waals surface area contributed by atoms with Crippen LogP contribution in [0.3, 0.4) is 0 Å². The van der Waals surface area contributed by atoms with Crippen LogP contribution in [0, 0.1) is 0 Å². The van der Waals surface area contributed by atoms with Crippen LogP contribution in [0.4, 0.5) is 17.1 Å². The van der Waals surface area contributed by atoms with E-state index in [4.69, 9.17) is 0 Å². The first-order valence-electron chi connectivity index (χ1n) is 16.4. The molecule has 5 aliphatic rings. The summed E-state index contributed by atoms with van der Waals surface area (Å²) in [6, 6.07) is 62.4. The van der Waals surface area contributed by atoms with E-state index in [1.165, 1.54) is 83.8 Å². The maximum atomic E-state index is 2.62. The van der Waals surface area contributed by atoms with Gasteiger partial charge in [0, 0.05) is 11.1 Å². The summed E-state index contributed by atoms with van der Waals surface area (Å²) in [5.74, 6) is 0. The van der Waals surface area contributed by atoms with Crippen molar-refractivity contribution in [1.29, 1.82) is 0 Å². The highest BCUT2D eigenvalue weighted by atomic mass is 15.2. The SMILES string of the molecule is c1ccc(C23c4ccccc4C24c2ccccc2C42c4ccccc4N4c5ccccc5-c5ccccc5-c5ccc3c2c54)cc1. The Labute approximate surface area is 268 Å². The minimum Gasteiger partial charge on any atom is -0.309 e. The lowest BCUT2D eigenvalue weighted by molar-refractivity contribution is 0.199. The summed E-state index contributed by atoms with van der Waals surface area (Å²) in [5.41, 5.74) is 19.7. The largest absolute Gasteiger partial charge is 0.309 e. The van der Waals surface area contributed by atoms with Crippen LogP contribution in [0.15, 0.2) is 164 Å². The fourth-order valence-electron chi connectivity index (χ4n) is 11.1. The van der Waals surface area contributed by atoms with Gasteiger partial charge in [-0.15, -0.1) is 0 Å². The molecule has 0 radical (unpaired) electrons. The number of hydrogen-bond acceptors (Lipinski definition) is 1. The Hall–Kier alpha value is -5.66. The first-order chi connectivity index (χ1) is 22.9. The van der Waals surface area contributed by atoms with E-state index in [0.29, 0.717) is 0 Å². The van der Waals surface area contributed by atoms with Crippen LogP contribution in [0.25, 0.3) is 22.3 Å². The number of anilines is 3. The van der Waals surface area contributed by atoms with Crippen molar-refractivity contribution in [1.82, 2.24) is 0 Å². The van der Waals surface area contributed by atoms with Crippen molar-refractivity contribution < 1.29 is 0 Å². The van der Waals surface area contributed by atoms with Crippen molar-refractivity contribution in [3.63, 3.8) is 0 Å². The number of rotatable bonds is 1. The van der Waals surface area contributed by atoms with Crippen LogP contribution in [0.2, 0.25) is 0 Å². The molecule has 0 fully saturated rings. The van der Waals surface area contributed by atoms with Crippen LogP contribution in [-0.4, -0.2) is 0 Å². The van der Waals surface area contributed by atoms with Gasteiger partial charge in [-0.25, -0.2) is 0 Å². The smallest absolute Gasteiger partial charge is 0.0651 e. The van der Waals surface area contributed by atoms with Gasteiger partial charge in [-0.1, -0.05) is 152 Å². The van der Waals surface area contributed by atoms with E-state index < -0.39 is 0 Å². The zero-order chi connectivity index (χ0) is 29.8. The molecule has 0 saturated carbocycles. The standard InChI is InChI=1S/C45H27N/c1-2-14-28(15-3-1)43-33-19-7-9-21-35(33)45(43)36-22-10-8-20-34(36)44(45)37-23-11-13-25-40(37)46-39-24-12-6-18-31(39)29-16-4-5-17-30(29)32-26-27-38(43)41(44)42(32)46/h1-27H. The molecule has 212 valence electrons. The summed E-state index contributed by atoms with van der Waals surface area (Å²) in [7, 11) is 0. The second-order valence-electron chi connectivity index (χ2n) is 13.5. The van der Waals surface area contributed by atoms with Gasteiger partial charge in [0.1, 0.15) is 0 Å². The zero-order valence-corrected chi connectivity index (χ0v) is 25.0. The Balaban J connectivity index is 1.38. The van der Waals surface area contributed by atoms with Crippen molar-refractivity contribution in [2.24, 2.45) is 0 Å². The Bertz CT molecular complexity index is 2510. The summed E-state index contributed by atoms with van der Waals surface area (Å²) >= 11 is 0. The molecule has 3 aliphatic carbocycles. The molecule has 2 spiro atoms. The molecular weight excluding hydrogens is 555 g/mol. The third-order valence-electron chi connectivity index (χ3n) is 12.2. The molecule has 3 unspecified atom stereocenters. The molecular formula is C45H27N. The molecule has 12 rings (SSSR count). The molecule has 2 aliphatic heterocycles. The molecule has 2 heterocycles. The zero-order valence-electron chi connectivity index (χ0n) is 25.0. The summed E-state index contributed by atoms with van der Waals surface area (Å²) < 4.78 is 0. The molecule has 0 aromatic heterocycles. The number of hydrogen-bond donors (Lipinski definition) is 0. The third kappa shape index (κ3) is 2.08. The van der Waals surface area contributed by atoms with Crippen LogP contribution in [-0.2, 0) is 16.2 Å². The van der Waals surface area contributed by atoms with E-state index >= 15 is 0 Å². The number of fused-ring (bicyclic) bond motifs is 11. The molecule has 46 heavy (non-hydrogen) atoms. The predicted octanol–water partition coefficient (Wildman–Crippen LogP) is 10.4. The summed E-state index contributed by atoms with van der Waals surface area (Å²) in [6.07, 6.45) is 0. The van der Waals surface area contributed by atoms with E-state index in [9.17, 15) is 0 Å². The van der Waals surface area contributed by atoms with Gasteiger partial charge in [0.15, 0.2) is 0 Å². The average molecular weight is 582 g/mol. The van der Waals surface area contributed by atoms with Gasteiger partial charge < -0.3 is 4.90 Å². The highest BCUT2D eigenvalue weighted by molar-refractivity contribution is 6.09. The fraction of sp³-hybridized carbons (Fsp3) is 0.0667. The minimum absolute atomic E-state index is 0.264. The molecule has 3 atom stereocenters. The second-order valence-corrected chi connectivity index (χ2v) is 13.5. The molecule has 0 amide bonds. The average Bonchev–Trinajstić information content (AvgIpc) is 3.19. The Morgan fingerprint density at radius 1 is 0.326 bits per heavy atom. The van der Waals surface area contributed by atoms with Gasteiger partial charge in [0.05, 0.1) is 33.3 Å². The minimum atomic E-state index is -0.338. The van der Waals surface area contributed by atoms with E-state index in [1.807, 2.05) is 0 Å². The number of benzene rings is 7. The molecule has 1 nitrogen and oxygen atoms in total. The highest BCUT2D eigenvalue weighted by Gasteiger charge is 2.85. The lowest BCUT2D eigenvalue weighted by Crippen LogP contribution is -2.72. The van der Waals surface area contributed by atoms with Gasteiger partial charge in [-0.2, -0.15) is 0 Å². The molecule has 0 saturated heterocycles. The lowest BCUT2D eigenvalue weighted by atomic mass is 9.29. The highest BCUT2D eigenvalue weighted by Crippen LogP contribution is 2.87.